The van der Waals surface area contributed by atoms with Crippen LogP contribution in [0.2, 0.25) is 0 Å². The molecule has 0 saturated carbocycles. The molecule has 4 heteroatoms. The van der Waals surface area contributed by atoms with Crippen molar-refractivity contribution in [1.82, 2.24) is 14.3 Å². The fourth-order valence-corrected chi connectivity index (χ4v) is 3.13. The van der Waals surface area contributed by atoms with Gasteiger partial charge in [0.1, 0.15) is 5.65 Å². The molecule has 2 aromatic heterocycles. The van der Waals surface area contributed by atoms with Crippen molar-refractivity contribution in [2.45, 2.75) is 39.0 Å². The van der Waals surface area contributed by atoms with Crippen LogP contribution in [0, 0.1) is 6.92 Å². The lowest BCUT2D eigenvalue weighted by atomic mass is 9.92. The van der Waals surface area contributed by atoms with Crippen LogP contribution >= 0.6 is 0 Å². The van der Waals surface area contributed by atoms with E-state index >= 15 is 0 Å². The minimum Gasteiger partial charge on any atom is -0.343 e. The molecule has 1 saturated heterocycles. The van der Waals surface area contributed by atoms with Gasteiger partial charge in [-0.3, -0.25) is 4.79 Å². The summed E-state index contributed by atoms with van der Waals surface area (Å²) in [6.07, 6.45) is 4.80. The largest absolute Gasteiger partial charge is 0.343 e. The summed E-state index contributed by atoms with van der Waals surface area (Å²) in [7, 11) is 0. The zero-order valence-electron chi connectivity index (χ0n) is 12.2. The third-order valence-corrected chi connectivity index (χ3v) is 4.21. The zero-order chi connectivity index (χ0) is 14.1. The summed E-state index contributed by atoms with van der Waals surface area (Å²) in [6, 6.07) is 6.32. The van der Waals surface area contributed by atoms with E-state index in [9.17, 15) is 4.79 Å². The first kappa shape index (κ1) is 13.2. The van der Waals surface area contributed by atoms with Crippen LogP contribution in [0.1, 0.15) is 43.5 Å². The second-order valence-corrected chi connectivity index (χ2v) is 5.57. The number of pyridine rings is 1. The Morgan fingerprint density at radius 1 is 1.35 bits per heavy atom. The lowest BCUT2D eigenvalue weighted by Crippen LogP contribution is -2.37. The molecule has 20 heavy (non-hydrogen) atoms. The number of carbonyl (C=O) groups is 1. The number of hydrogen-bond donors (Lipinski definition) is 0. The van der Waals surface area contributed by atoms with Gasteiger partial charge in [0.2, 0.25) is 5.91 Å². The van der Waals surface area contributed by atoms with E-state index in [1.807, 2.05) is 24.8 Å². The third-order valence-electron chi connectivity index (χ3n) is 4.21. The monoisotopic (exact) mass is 271 g/mol. The van der Waals surface area contributed by atoms with E-state index < -0.39 is 0 Å². The van der Waals surface area contributed by atoms with E-state index in [0.717, 1.165) is 37.3 Å². The molecule has 0 bridgehead atoms. The number of fused-ring (bicyclic) bond motifs is 1. The van der Waals surface area contributed by atoms with Crippen LogP contribution in [0.4, 0.5) is 0 Å². The molecule has 1 amide bonds. The highest BCUT2D eigenvalue weighted by molar-refractivity contribution is 5.75. The van der Waals surface area contributed by atoms with Crippen molar-refractivity contribution in [3.63, 3.8) is 0 Å². The number of rotatable bonds is 2. The van der Waals surface area contributed by atoms with Crippen LogP contribution in [0.5, 0.6) is 0 Å². The quantitative estimate of drug-likeness (QED) is 0.842. The maximum atomic E-state index is 11.7. The Balaban J connectivity index is 1.81. The minimum absolute atomic E-state index is 0.278. The highest BCUT2D eigenvalue weighted by atomic mass is 16.2. The number of amides is 1. The Bertz CT molecular complexity index is 624. The summed E-state index contributed by atoms with van der Waals surface area (Å²) in [5, 5.41) is 0. The molecule has 106 valence electrons. The summed E-state index contributed by atoms with van der Waals surface area (Å²) in [4.78, 5) is 18.3. The average Bonchev–Trinajstić information content (AvgIpc) is 2.86. The van der Waals surface area contributed by atoms with E-state index in [2.05, 4.69) is 27.7 Å². The first-order chi connectivity index (χ1) is 9.69. The number of likely N-dealkylation sites (tertiary alicyclic amines) is 1. The van der Waals surface area contributed by atoms with Crippen molar-refractivity contribution < 1.29 is 4.79 Å². The van der Waals surface area contributed by atoms with Crippen LogP contribution in [0.15, 0.2) is 24.4 Å². The predicted molar refractivity (Wildman–Crippen MR) is 78.8 cm³/mol. The number of piperidine rings is 1. The summed E-state index contributed by atoms with van der Waals surface area (Å²) in [5.41, 5.74) is 3.40. The summed E-state index contributed by atoms with van der Waals surface area (Å²) >= 11 is 0. The second kappa shape index (κ2) is 5.27. The number of aryl methyl sites for hydroxylation is 1. The summed E-state index contributed by atoms with van der Waals surface area (Å²) in [6.45, 7) is 5.71. The highest BCUT2D eigenvalue weighted by Crippen LogP contribution is 2.28. The Hall–Kier alpha value is -1.84. The lowest BCUT2D eigenvalue weighted by molar-refractivity contribution is -0.131. The SMILES string of the molecule is CCC(=O)N1CCC(c2cccc3nc(C)cn23)CC1. The van der Waals surface area contributed by atoms with Gasteiger partial charge in [0.05, 0.1) is 5.69 Å². The molecule has 3 rings (SSSR count). The topological polar surface area (TPSA) is 37.6 Å². The molecule has 0 spiro atoms. The molecule has 0 radical (unpaired) electrons. The van der Waals surface area contributed by atoms with Crippen molar-refractivity contribution in [3.8, 4) is 0 Å². The van der Waals surface area contributed by atoms with Gasteiger partial charge < -0.3 is 9.30 Å². The molecule has 1 fully saturated rings. The molecule has 0 unspecified atom stereocenters. The molecule has 0 atom stereocenters. The molecular formula is C16H21N3O. The molecular weight excluding hydrogens is 250 g/mol. The van der Waals surface area contributed by atoms with E-state index in [1.165, 1.54) is 5.69 Å². The van der Waals surface area contributed by atoms with Crippen LogP contribution in [0.25, 0.3) is 5.65 Å². The van der Waals surface area contributed by atoms with Crippen LogP contribution in [-0.2, 0) is 4.79 Å². The number of hydrogen-bond acceptors (Lipinski definition) is 2. The van der Waals surface area contributed by atoms with Crippen molar-refractivity contribution in [2.24, 2.45) is 0 Å². The van der Waals surface area contributed by atoms with Crippen molar-refractivity contribution in [3.05, 3.63) is 35.8 Å². The Kier molecular flexibility index (Phi) is 3.47. The lowest BCUT2D eigenvalue weighted by Gasteiger charge is -2.32. The predicted octanol–water partition coefficient (Wildman–Crippen LogP) is 2.76. The fourth-order valence-electron chi connectivity index (χ4n) is 3.13. The first-order valence-corrected chi connectivity index (χ1v) is 7.41. The third kappa shape index (κ3) is 2.30. The maximum Gasteiger partial charge on any atom is 0.222 e. The van der Waals surface area contributed by atoms with Gasteiger partial charge in [0.15, 0.2) is 0 Å². The smallest absolute Gasteiger partial charge is 0.222 e. The number of carbonyl (C=O) groups excluding carboxylic acids is 1. The van der Waals surface area contributed by atoms with Gasteiger partial charge in [0.25, 0.3) is 0 Å². The Morgan fingerprint density at radius 3 is 2.80 bits per heavy atom. The van der Waals surface area contributed by atoms with Gasteiger partial charge in [-0.1, -0.05) is 13.0 Å². The molecule has 0 aromatic carbocycles. The molecule has 4 nitrogen and oxygen atoms in total. The standard InChI is InChI=1S/C16H21N3O/c1-3-16(20)18-9-7-13(8-10-18)14-5-4-6-15-17-12(2)11-19(14)15/h4-6,11,13H,3,7-10H2,1-2H3. The van der Waals surface area contributed by atoms with E-state index in [4.69, 9.17) is 0 Å². The van der Waals surface area contributed by atoms with Crippen LogP contribution in [-0.4, -0.2) is 33.3 Å². The van der Waals surface area contributed by atoms with Gasteiger partial charge in [-0.2, -0.15) is 0 Å². The first-order valence-electron chi connectivity index (χ1n) is 7.41. The fraction of sp³-hybridized carbons (Fsp3) is 0.500. The number of nitrogens with zero attached hydrogens (tertiary/aromatic N) is 3. The van der Waals surface area contributed by atoms with Crippen molar-refractivity contribution in [1.29, 1.82) is 0 Å². The van der Waals surface area contributed by atoms with Crippen molar-refractivity contribution in [2.75, 3.05) is 13.1 Å². The number of imidazole rings is 1. The van der Waals surface area contributed by atoms with Gasteiger partial charge in [-0.05, 0) is 31.9 Å². The molecule has 2 aromatic rings. The van der Waals surface area contributed by atoms with Gasteiger partial charge in [-0.25, -0.2) is 4.98 Å². The molecule has 0 N–H and O–H groups in total. The Morgan fingerprint density at radius 2 is 2.10 bits per heavy atom. The van der Waals surface area contributed by atoms with E-state index in [1.54, 1.807) is 0 Å². The molecule has 1 aliphatic heterocycles. The van der Waals surface area contributed by atoms with Crippen LogP contribution < -0.4 is 0 Å². The molecule has 0 aliphatic carbocycles. The zero-order valence-corrected chi connectivity index (χ0v) is 12.2. The van der Waals surface area contributed by atoms with Gasteiger partial charge >= 0.3 is 0 Å². The normalized spacial score (nSPS) is 16.8. The molecule has 1 aliphatic rings. The van der Waals surface area contributed by atoms with E-state index in [-0.39, 0.29) is 5.91 Å². The van der Waals surface area contributed by atoms with Gasteiger partial charge in [-0.15, -0.1) is 0 Å². The Labute approximate surface area is 119 Å². The second-order valence-electron chi connectivity index (χ2n) is 5.57. The number of aromatic nitrogens is 2. The van der Waals surface area contributed by atoms with Crippen LogP contribution in [0.3, 0.4) is 0 Å². The summed E-state index contributed by atoms with van der Waals surface area (Å²) in [5.74, 6) is 0.799. The van der Waals surface area contributed by atoms with Crippen molar-refractivity contribution >= 4 is 11.6 Å². The molecule has 3 heterocycles. The maximum absolute atomic E-state index is 11.7. The van der Waals surface area contributed by atoms with E-state index in [0.29, 0.717) is 12.3 Å². The highest BCUT2D eigenvalue weighted by Gasteiger charge is 2.24. The van der Waals surface area contributed by atoms with Gasteiger partial charge in [0, 0.05) is 37.3 Å². The minimum atomic E-state index is 0.278. The summed E-state index contributed by atoms with van der Waals surface area (Å²) < 4.78 is 2.21. The average molecular weight is 271 g/mol.